The lowest BCUT2D eigenvalue weighted by Crippen LogP contribution is -2.36. The second kappa shape index (κ2) is 6.02. The molecule has 1 aliphatic rings. The first-order chi connectivity index (χ1) is 8.72. The van der Waals surface area contributed by atoms with Gasteiger partial charge in [0, 0.05) is 25.3 Å². The van der Waals surface area contributed by atoms with Crippen LogP contribution in [0.25, 0.3) is 0 Å². The van der Waals surface area contributed by atoms with E-state index in [1.54, 1.807) is 6.07 Å². The van der Waals surface area contributed by atoms with Crippen molar-refractivity contribution in [2.45, 2.75) is 25.3 Å². The van der Waals surface area contributed by atoms with Crippen molar-refractivity contribution in [2.75, 3.05) is 26.2 Å². The van der Waals surface area contributed by atoms with Crippen molar-refractivity contribution in [3.05, 3.63) is 24.0 Å². The van der Waals surface area contributed by atoms with E-state index in [0.717, 1.165) is 45.4 Å². The number of hydrogen-bond acceptors (Lipinski definition) is 3. The van der Waals surface area contributed by atoms with Crippen LogP contribution in [0.2, 0.25) is 0 Å². The Balaban J connectivity index is 1.93. The number of piperidine rings is 1. The summed E-state index contributed by atoms with van der Waals surface area (Å²) in [7, 11) is 0. The van der Waals surface area contributed by atoms with Crippen LogP contribution < -0.4 is 5.73 Å². The van der Waals surface area contributed by atoms with Gasteiger partial charge in [-0.05, 0) is 44.5 Å². The Labute approximate surface area is 107 Å². The van der Waals surface area contributed by atoms with Gasteiger partial charge in [0.05, 0.1) is 0 Å². The van der Waals surface area contributed by atoms with Crippen LogP contribution in [-0.4, -0.2) is 46.7 Å². The Morgan fingerprint density at radius 1 is 1.44 bits per heavy atom. The highest BCUT2D eigenvalue weighted by molar-refractivity contribution is 5.85. The number of hydrogen-bond donors (Lipinski definition) is 2. The van der Waals surface area contributed by atoms with Gasteiger partial charge >= 0.3 is 5.97 Å². The highest BCUT2D eigenvalue weighted by atomic mass is 16.4. The maximum absolute atomic E-state index is 11.1. The van der Waals surface area contributed by atoms with E-state index in [1.165, 1.54) is 0 Å². The first-order valence-corrected chi connectivity index (χ1v) is 6.55. The molecule has 1 aromatic heterocycles. The maximum Gasteiger partial charge on any atom is 0.352 e. The summed E-state index contributed by atoms with van der Waals surface area (Å²) in [5.41, 5.74) is 5.91. The second-order valence-electron chi connectivity index (χ2n) is 4.82. The second-order valence-corrected chi connectivity index (χ2v) is 4.82. The minimum absolute atomic E-state index is 0.320. The molecule has 0 bridgehead atoms. The normalized spacial score (nSPS) is 18.1. The lowest BCUT2D eigenvalue weighted by atomic mass is 10.0. The van der Waals surface area contributed by atoms with Crippen LogP contribution in [0, 0.1) is 0 Å². The smallest absolute Gasteiger partial charge is 0.352 e. The largest absolute Gasteiger partial charge is 0.477 e. The van der Waals surface area contributed by atoms with E-state index in [2.05, 4.69) is 4.90 Å². The van der Waals surface area contributed by atoms with E-state index in [9.17, 15) is 4.79 Å². The van der Waals surface area contributed by atoms with Crippen LogP contribution in [0.15, 0.2) is 18.3 Å². The lowest BCUT2D eigenvalue weighted by Gasteiger charge is -2.33. The minimum atomic E-state index is -0.842. The molecule has 0 unspecified atom stereocenters. The van der Waals surface area contributed by atoms with Crippen molar-refractivity contribution in [1.29, 1.82) is 0 Å². The number of carboxylic acid groups (broad SMARTS) is 1. The number of likely N-dealkylation sites (tertiary alicyclic amines) is 1. The quantitative estimate of drug-likeness (QED) is 0.824. The zero-order chi connectivity index (χ0) is 13.0. The summed E-state index contributed by atoms with van der Waals surface area (Å²) in [6.45, 7) is 3.85. The molecular weight excluding hydrogens is 230 g/mol. The summed E-state index contributed by atoms with van der Waals surface area (Å²) in [6, 6.07) is 3.80. The van der Waals surface area contributed by atoms with E-state index in [0.29, 0.717) is 11.7 Å². The van der Waals surface area contributed by atoms with Gasteiger partial charge in [0.1, 0.15) is 5.69 Å². The molecule has 0 amide bonds. The molecule has 0 saturated carbocycles. The Morgan fingerprint density at radius 2 is 2.17 bits per heavy atom. The molecule has 2 heterocycles. The number of aromatic nitrogens is 1. The van der Waals surface area contributed by atoms with Crippen molar-refractivity contribution in [3.8, 4) is 0 Å². The zero-order valence-corrected chi connectivity index (χ0v) is 10.6. The number of aromatic carboxylic acids is 1. The molecule has 0 atom stereocenters. The van der Waals surface area contributed by atoms with Gasteiger partial charge in [-0.25, -0.2) is 4.79 Å². The van der Waals surface area contributed by atoms with Crippen LogP contribution in [0.5, 0.6) is 0 Å². The average Bonchev–Trinajstić information content (AvgIpc) is 2.86. The van der Waals surface area contributed by atoms with E-state index in [1.807, 2.05) is 16.8 Å². The summed E-state index contributed by atoms with van der Waals surface area (Å²) < 4.78 is 1.91. The average molecular weight is 251 g/mol. The monoisotopic (exact) mass is 251 g/mol. The van der Waals surface area contributed by atoms with Crippen molar-refractivity contribution < 1.29 is 9.90 Å². The first kappa shape index (κ1) is 13.1. The van der Waals surface area contributed by atoms with Gasteiger partial charge in [-0.2, -0.15) is 0 Å². The summed E-state index contributed by atoms with van der Waals surface area (Å²) >= 11 is 0. The summed E-state index contributed by atoms with van der Waals surface area (Å²) in [6.07, 6.45) is 4.94. The van der Waals surface area contributed by atoms with Crippen LogP contribution in [0.4, 0.5) is 0 Å². The maximum atomic E-state index is 11.1. The third-order valence-electron chi connectivity index (χ3n) is 3.63. The minimum Gasteiger partial charge on any atom is -0.477 e. The van der Waals surface area contributed by atoms with Gasteiger partial charge in [0.25, 0.3) is 0 Å². The molecule has 1 aliphatic heterocycles. The van der Waals surface area contributed by atoms with Crippen molar-refractivity contribution in [3.63, 3.8) is 0 Å². The Hall–Kier alpha value is -1.33. The molecule has 2 rings (SSSR count). The zero-order valence-electron chi connectivity index (χ0n) is 10.6. The summed E-state index contributed by atoms with van der Waals surface area (Å²) in [5.74, 6) is -0.842. The van der Waals surface area contributed by atoms with Gasteiger partial charge in [0.15, 0.2) is 0 Å². The molecule has 5 nitrogen and oxygen atoms in total. The Morgan fingerprint density at radius 3 is 2.78 bits per heavy atom. The molecule has 0 aromatic carbocycles. The molecule has 100 valence electrons. The van der Waals surface area contributed by atoms with E-state index < -0.39 is 5.97 Å². The SMILES string of the molecule is NCCCN1CCC(n2cccc2C(=O)O)CC1. The number of rotatable bonds is 5. The first-order valence-electron chi connectivity index (χ1n) is 6.55. The van der Waals surface area contributed by atoms with Crippen LogP contribution in [0.1, 0.15) is 35.8 Å². The highest BCUT2D eigenvalue weighted by Crippen LogP contribution is 2.24. The van der Waals surface area contributed by atoms with Gasteiger partial charge in [-0.15, -0.1) is 0 Å². The van der Waals surface area contributed by atoms with Crippen LogP contribution >= 0.6 is 0 Å². The van der Waals surface area contributed by atoms with Crippen molar-refractivity contribution in [1.82, 2.24) is 9.47 Å². The fourth-order valence-electron chi connectivity index (χ4n) is 2.63. The van der Waals surface area contributed by atoms with Gasteiger partial charge in [0.2, 0.25) is 0 Å². The number of carboxylic acids is 1. The predicted octanol–water partition coefficient (Wildman–Crippen LogP) is 1.17. The predicted molar refractivity (Wildman–Crippen MR) is 69.8 cm³/mol. The summed E-state index contributed by atoms with van der Waals surface area (Å²) in [5, 5.41) is 9.11. The standard InChI is InChI=1S/C13H21N3O2/c14-6-2-7-15-9-4-11(5-10-15)16-8-1-3-12(16)13(17)18/h1,3,8,11H,2,4-7,9-10,14H2,(H,17,18). The Kier molecular flexibility index (Phi) is 4.38. The fourth-order valence-corrected chi connectivity index (χ4v) is 2.63. The van der Waals surface area contributed by atoms with E-state index in [4.69, 9.17) is 10.8 Å². The van der Waals surface area contributed by atoms with Crippen LogP contribution in [0.3, 0.4) is 0 Å². The Bertz CT molecular complexity index is 395. The topological polar surface area (TPSA) is 71.5 Å². The fraction of sp³-hybridized carbons (Fsp3) is 0.615. The van der Waals surface area contributed by atoms with E-state index >= 15 is 0 Å². The van der Waals surface area contributed by atoms with Gasteiger partial charge in [-0.1, -0.05) is 0 Å². The lowest BCUT2D eigenvalue weighted by molar-refractivity contribution is 0.0678. The molecule has 0 spiro atoms. The molecular formula is C13H21N3O2. The van der Waals surface area contributed by atoms with Gasteiger partial charge < -0.3 is 20.3 Å². The van der Waals surface area contributed by atoms with E-state index in [-0.39, 0.29) is 0 Å². The molecule has 1 saturated heterocycles. The number of carbonyl (C=O) groups is 1. The third-order valence-corrected chi connectivity index (χ3v) is 3.63. The van der Waals surface area contributed by atoms with Crippen LogP contribution in [-0.2, 0) is 0 Å². The molecule has 0 aliphatic carbocycles. The molecule has 18 heavy (non-hydrogen) atoms. The highest BCUT2D eigenvalue weighted by Gasteiger charge is 2.22. The third kappa shape index (κ3) is 2.91. The summed E-state index contributed by atoms with van der Waals surface area (Å²) in [4.78, 5) is 13.5. The molecule has 1 aromatic rings. The molecule has 0 radical (unpaired) electrons. The van der Waals surface area contributed by atoms with Crippen molar-refractivity contribution >= 4 is 5.97 Å². The molecule has 5 heteroatoms. The number of nitrogens with two attached hydrogens (primary N) is 1. The van der Waals surface area contributed by atoms with Crippen molar-refractivity contribution in [2.24, 2.45) is 5.73 Å². The molecule has 3 N–H and O–H groups in total. The molecule has 1 fully saturated rings. The van der Waals surface area contributed by atoms with Gasteiger partial charge in [-0.3, -0.25) is 0 Å². The number of nitrogens with zero attached hydrogens (tertiary/aromatic N) is 2.